The fourth-order valence-electron chi connectivity index (χ4n) is 2.20. The molecular formula is C17H14ClN3O4S. The lowest BCUT2D eigenvalue weighted by Crippen LogP contribution is -2.11. The highest BCUT2D eigenvalue weighted by molar-refractivity contribution is 7.90. The van der Waals surface area contributed by atoms with E-state index in [2.05, 4.69) is 10.1 Å². The molecule has 0 aliphatic heterocycles. The van der Waals surface area contributed by atoms with Crippen molar-refractivity contribution < 1.29 is 17.9 Å². The maximum absolute atomic E-state index is 12.1. The van der Waals surface area contributed by atoms with Gasteiger partial charge in [-0.05, 0) is 23.8 Å². The van der Waals surface area contributed by atoms with Gasteiger partial charge in [0.2, 0.25) is 0 Å². The maximum atomic E-state index is 12.1. The monoisotopic (exact) mass is 391 g/mol. The Labute approximate surface area is 155 Å². The van der Waals surface area contributed by atoms with Crippen LogP contribution in [0.1, 0.15) is 16.1 Å². The van der Waals surface area contributed by atoms with Crippen LogP contribution in [-0.2, 0) is 16.4 Å². The van der Waals surface area contributed by atoms with E-state index in [4.69, 9.17) is 16.3 Å². The second kappa shape index (κ2) is 7.27. The van der Waals surface area contributed by atoms with Gasteiger partial charge in [0.15, 0.2) is 21.3 Å². The number of carbonyl (C=O) groups excluding carboxylic acids is 1. The Balaban J connectivity index is 1.68. The molecule has 3 aromatic rings. The van der Waals surface area contributed by atoms with Crippen LogP contribution in [0.3, 0.4) is 0 Å². The van der Waals surface area contributed by atoms with Crippen molar-refractivity contribution in [3.8, 4) is 5.75 Å². The largest absolute Gasteiger partial charge is 0.420 e. The minimum atomic E-state index is -3.23. The number of aromatic nitrogens is 3. The van der Waals surface area contributed by atoms with E-state index in [-0.39, 0.29) is 16.3 Å². The molecule has 26 heavy (non-hydrogen) atoms. The van der Waals surface area contributed by atoms with Gasteiger partial charge in [-0.1, -0.05) is 23.7 Å². The standard InChI is InChI=1S/C17H14ClN3O4S/c1-26(23,24)15-4-2-12(3-5-15)11-21-7-6-16(20-21)17(22)25-14-8-13(18)9-19-10-14/h2-10H,11H2,1H3. The molecule has 9 heteroatoms. The van der Waals surface area contributed by atoms with Crippen molar-refractivity contribution in [1.29, 1.82) is 0 Å². The fourth-order valence-corrected chi connectivity index (χ4v) is 2.99. The molecule has 134 valence electrons. The molecule has 0 N–H and O–H groups in total. The van der Waals surface area contributed by atoms with Crippen LogP contribution in [0.25, 0.3) is 0 Å². The number of hydrogen-bond donors (Lipinski definition) is 0. The number of esters is 1. The summed E-state index contributed by atoms with van der Waals surface area (Å²) in [6, 6.07) is 9.49. The number of benzene rings is 1. The van der Waals surface area contributed by atoms with Crippen molar-refractivity contribution in [1.82, 2.24) is 14.8 Å². The Morgan fingerprint density at radius 2 is 1.92 bits per heavy atom. The quantitative estimate of drug-likeness (QED) is 0.621. The normalized spacial score (nSPS) is 11.3. The van der Waals surface area contributed by atoms with Gasteiger partial charge in [0, 0.05) is 24.7 Å². The van der Waals surface area contributed by atoms with Crippen LogP contribution < -0.4 is 4.74 Å². The Morgan fingerprint density at radius 1 is 1.19 bits per heavy atom. The summed E-state index contributed by atoms with van der Waals surface area (Å²) in [6.45, 7) is 0.385. The molecule has 2 heterocycles. The summed E-state index contributed by atoms with van der Waals surface area (Å²) in [5.41, 5.74) is 0.984. The Bertz CT molecular complexity index is 1050. The summed E-state index contributed by atoms with van der Waals surface area (Å²) in [5.74, 6) is -0.395. The van der Waals surface area contributed by atoms with Gasteiger partial charge in [-0.15, -0.1) is 0 Å². The number of sulfone groups is 1. The zero-order valence-corrected chi connectivity index (χ0v) is 15.2. The van der Waals surface area contributed by atoms with Crippen LogP contribution in [0, 0.1) is 0 Å². The second-order valence-corrected chi connectivity index (χ2v) is 8.00. The highest BCUT2D eigenvalue weighted by atomic mass is 35.5. The predicted octanol–water partition coefficient (Wildman–Crippen LogP) is 2.60. The number of pyridine rings is 1. The van der Waals surface area contributed by atoms with Gasteiger partial charge in [0.05, 0.1) is 22.7 Å². The highest BCUT2D eigenvalue weighted by Crippen LogP contribution is 2.16. The molecule has 0 amide bonds. The third-order valence-corrected chi connectivity index (χ3v) is 4.77. The van der Waals surface area contributed by atoms with Crippen molar-refractivity contribution >= 4 is 27.4 Å². The lowest BCUT2D eigenvalue weighted by molar-refractivity contribution is 0.0727. The van der Waals surface area contributed by atoms with Crippen molar-refractivity contribution in [2.75, 3.05) is 6.26 Å². The van der Waals surface area contributed by atoms with Crippen molar-refractivity contribution in [3.05, 3.63) is 71.3 Å². The average Bonchev–Trinajstić information content (AvgIpc) is 3.03. The van der Waals surface area contributed by atoms with Crippen molar-refractivity contribution in [3.63, 3.8) is 0 Å². The molecule has 0 saturated heterocycles. The molecule has 0 spiro atoms. The third kappa shape index (κ3) is 4.47. The van der Waals surface area contributed by atoms with E-state index in [1.807, 2.05) is 0 Å². The summed E-state index contributed by atoms with van der Waals surface area (Å²) >= 11 is 5.80. The van der Waals surface area contributed by atoms with E-state index >= 15 is 0 Å². The molecule has 0 fully saturated rings. The van der Waals surface area contributed by atoms with Crippen LogP contribution in [0.4, 0.5) is 0 Å². The van der Waals surface area contributed by atoms with E-state index < -0.39 is 15.8 Å². The minimum absolute atomic E-state index is 0.137. The van der Waals surface area contributed by atoms with E-state index in [1.54, 1.807) is 23.0 Å². The molecule has 0 aliphatic carbocycles. The summed E-state index contributed by atoms with van der Waals surface area (Å²) in [6.07, 6.45) is 5.60. The van der Waals surface area contributed by atoms with Crippen LogP contribution in [0.5, 0.6) is 5.75 Å². The molecule has 0 aliphatic rings. The van der Waals surface area contributed by atoms with Crippen LogP contribution in [0.2, 0.25) is 5.02 Å². The summed E-state index contributed by atoms with van der Waals surface area (Å²) in [4.78, 5) is 16.2. The van der Waals surface area contributed by atoms with Crippen molar-refractivity contribution in [2.24, 2.45) is 0 Å². The first-order valence-electron chi connectivity index (χ1n) is 7.46. The molecule has 0 radical (unpaired) electrons. The van der Waals surface area contributed by atoms with E-state index in [9.17, 15) is 13.2 Å². The number of rotatable bonds is 5. The molecular weight excluding hydrogens is 378 g/mol. The molecule has 0 unspecified atom stereocenters. The number of ether oxygens (including phenoxy) is 1. The average molecular weight is 392 g/mol. The molecule has 3 rings (SSSR count). The SMILES string of the molecule is CS(=O)(=O)c1ccc(Cn2ccc(C(=O)Oc3cncc(Cl)c3)n2)cc1. The van der Waals surface area contributed by atoms with Crippen LogP contribution >= 0.6 is 11.6 Å². The van der Waals surface area contributed by atoms with Gasteiger partial charge in [-0.3, -0.25) is 9.67 Å². The second-order valence-electron chi connectivity index (χ2n) is 5.54. The maximum Gasteiger partial charge on any atom is 0.364 e. The highest BCUT2D eigenvalue weighted by Gasteiger charge is 2.13. The molecule has 1 aromatic carbocycles. The number of hydrogen-bond acceptors (Lipinski definition) is 6. The van der Waals surface area contributed by atoms with E-state index in [1.165, 1.54) is 36.7 Å². The van der Waals surface area contributed by atoms with Crippen LogP contribution in [0.15, 0.2) is 59.9 Å². The first-order chi connectivity index (χ1) is 12.3. The molecule has 7 nitrogen and oxygen atoms in total. The fraction of sp³-hybridized carbons (Fsp3) is 0.118. The van der Waals surface area contributed by atoms with Crippen LogP contribution in [-0.4, -0.2) is 35.4 Å². The van der Waals surface area contributed by atoms with Crippen molar-refractivity contribution in [2.45, 2.75) is 11.4 Å². The lowest BCUT2D eigenvalue weighted by atomic mass is 10.2. The number of nitrogens with zero attached hydrogens (tertiary/aromatic N) is 3. The van der Waals surface area contributed by atoms with Gasteiger partial charge < -0.3 is 4.74 Å². The first kappa shape index (κ1) is 18.1. The van der Waals surface area contributed by atoms with Gasteiger partial charge in [-0.25, -0.2) is 13.2 Å². The Hall–Kier alpha value is -2.71. The summed E-state index contributed by atoms with van der Waals surface area (Å²) < 4.78 is 29.7. The van der Waals surface area contributed by atoms with E-state index in [0.29, 0.717) is 11.6 Å². The van der Waals surface area contributed by atoms with Gasteiger partial charge >= 0.3 is 5.97 Å². The zero-order valence-electron chi connectivity index (χ0n) is 13.7. The Morgan fingerprint density at radius 3 is 2.58 bits per heavy atom. The van der Waals surface area contributed by atoms with Gasteiger partial charge in [0.1, 0.15) is 0 Å². The number of carbonyl (C=O) groups is 1. The zero-order chi connectivity index (χ0) is 18.7. The van der Waals surface area contributed by atoms with E-state index in [0.717, 1.165) is 11.8 Å². The molecule has 0 saturated carbocycles. The summed E-state index contributed by atoms with van der Waals surface area (Å²) in [5, 5.41) is 4.53. The Kier molecular flexibility index (Phi) is 5.06. The predicted molar refractivity (Wildman–Crippen MR) is 95.1 cm³/mol. The third-order valence-electron chi connectivity index (χ3n) is 3.44. The molecule has 0 bridgehead atoms. The van der Waals surface area contributed by atoms with Gasteiger partial charge in [0.25, 0.3) is 0 Å². The number of halogens is 1. The summed E-state index contributed by atoms with van der Waals surface area (Å²) in [7, 11) is -3.23. The lowest BCUT2D eigenvalue weighted by Gasteiger charge is -2.04. The van der Waals surface area contributed by atoms with Gasteiger partial charge in [-0.2, -0.15) is 5.10 Å². The molecule has 2 aromatic heterocycles. The topological polar surface area (TPSA) is 91.2 Å². The smallest absolute Gasteiger partial charge is 0.364 e. The first-order valence-corrected chi connectivity index (χ1v) is 9.73. The molecule has 0 atom stereocenters. The minimum Gasteiger partial charge on any atom is -0.420 e.